The third-order valence-corrected chi connectivity index (χ3v) is 4.89. The van der Waals surface area contributed by atoms with Gasteiger partial charge in [-0.3, -0.25) is 4.55 Å². The van der Waals surface area contributed by atoms with Gasteiger partial charge in [-0.2, -0.15) is 8.42 Å². The summed E-state index contributed by atoms with van der Waals surface area (Å²) in [6.45, 7) is 2.00. The number of carboxylic acids is 1. The first-order chi connectivity index (χ1) is 13.7. The van der Waals surface area contributed by atoms with Gasteiger partial charge < -0.3 is 14.9 Å². The molecule has 0 bridgehead atoms. The van der Waals surface area contributed by atoms with Crippen molar-refractivity contribution in [3.63, 3.8) is 0 Å². The van der Waals surface area contributed by atoms with Crippen LogP contribution in [0.2, 0.25) is 0 Å². The molecular formula is C19H16N2O7S. The van der Waals surface area contributed by atoms with Crippen molar-refractivity contribution < 1.29 is 32.7 Å². The lowest BCUT2D eigenvalue weighted by atomic mass is 10.0. The third-order valence-electron chi connectivity index (χ3n) is 4.00. The lowest BCUT2D eigenvalue weighted by Crippen LogP contribution is -2.00. The Kier molecular flexibility index (Phi) is 5.48. The Hall–Kier alpha value is -3.50. The van der Waals surface area contributed by atoms with Crippen LogP contribution in [0.25, 0.3) is 10.8 Å². The van der Waals surface area contributed by atoms with E-state index in [1.54, 1.807) is 31.2 Å². The highest BCUT2D eigenvalue weighted by Crippen LogP contribution is 2.40. The summed E-state index contributed by atoms with van der Waals surface area (Å²) in [4.78, 5) is 10.9. The lowest BCUT2D eigenvalue weighted by molar-refractivity contribution is 0.0694. The fourth-order valence-corrected chi connectivity index (χ4v) is 3.36. The van der Waals surface area contributed by atoms with Gasteiger partial charge in [0.15, 0.2) is 5.75 Å². The van der Waals surface area contributed by atoms with E-state index in [9.17, 15) is 28.0 Å². The topological polar surface area (TPSA) is 146 Å². The number of nitrogens with zero attached hydrogens (tertiary/aromatic N) is 2. The predicted octanol–water partition coefficient (Wildman–Crippen LogP) is 4.30. The number of benzene rings is 3. The molecule has 3 N–H and O–H groups in total. The molecule has 0 atom stereocenters. The SMILES string of the molecule is CCOc1ccc(N=Nc2c(O)c(C(=O)O)cc3ccccc23)c(S(=O)(=O)O)c1. The summed E-state index contributed by atoms with van der Waals surface area (Å²) >= 11 is 0. The number of fused-ring (bicyclic) bond motifs is 1. The normalized spacial score (nSPS) is 11.8. The molecule has 0 radical (unpaired) electrons. The second-order valence-corrected chi connectivity index (χ2v) is 7.28. The Balaban J connectivity index is 2.19. The number of carbonyl (C=O) groups is 1. The van der Waals surface area contributed by atoms with E-state index < -0.39 is 26.7 Å². The maximum atomic E-state index is 11.7. The van der Waals surface area contributed by atoms with E-state index in [-0.39, 0.29) is 29.3 Å². The standard InChI is InChI=1S/C19H16N2O7S/c1-2-28-12-7-8-15(16(10-12)29(25,26)27)20-21-17-13-6-4-3-5-11(13)9-14(18(17)22)19(23)24/h3-10,22H,2H2,1H3,(H,23,24)(H,25,26,27). The molecule has 0 heterocycles. The van der Waals surface area contributed by atoms with Crippen LogP contribution in [0.5, 0.6) is 11.5 Å². The molecule has 0 spiro atoms. The van der Waals surface area contributed by atoms with Gasteiger partial charge >= 0.3 is 5.97 Å². The number of aromatic carboxylic acids is 1. The molecule has 0 aliphatic carbocycles. The van der Waals surface area contributed by atoms with Crippen molar-refractivity contribution in [3.05, 3.63) is 54.1 Å². The van der Waals surface area contributed by atoms with Crippen molar-refractivity contribution in [1.82, 2.24) is 0 Å². The molecule has 29 heavy (non-hydrogen) atoms. The van der Waals surface area contributed by atoms with Crippen molar-refractivity contribution in [1.29, 1.82) is 0 Å². The van der Waals surface area contributed by atoms with Gasteiger partial charge in [-0.05, 0) is 30.5 Å². The molecule has 0 saturated carbocycles. The average molecular weight is 416 g/mol. The van der Waals surface area contributed by atoms with Crippen molar-refractivity contribution in [2.45, 2.75) is 11.8 Å². The fourth-order valence-electron chi connectivity index (χ4n) is 2.73. The van der Waals surface area contributed by atoms with E-state index in [1.807, 2.05) is 0 Å². The minimum Gasteiger partial charge on any atom is -0.505 e. The number of aromatic hydroxyl groups is 1. The van der Waals surface area contributed by atoms with E-state index in [4.69, 9.17) is 4.74 Å². The molecule has 0 saturated heterocycles. The minimum absolute atomic E-state index is 0.143. The first-order valence-electron chi connectivity index (χ1n) is 8.36. The van der Waals surface area contributed by atoms with Crippen molar-refractivity contribution in [3.8, 4) is 11.5 Å². The predicted molar refractivity (Wildman–Crippen MR) is 104 cm³/mol. The van der Waals surface area contributed by atoms with Crippen molar-refractivity contribution in [2.75, 3.05) is 6.61 Å². The van der Waals surface area contributed by atoms with E-state index >= 15 is 0 Å². The van der Waals surface area contributed by atoms with Crippen LogP contribution < -0.4 is 4.74 Å². The number of azo groups is 1. The summed E-state index contributed by atoms with van der Waals surface area (Å²) in [6, 6.07) is 11.7. The number of hydrogen-bond donors (Lipinski definition) is 3. The minimum atomic E-state index is -4.64. The maximum Gasteiger partial charge on any atom is 0.339 e. The zero-order valence-corrected chi connectivity index (χ0v) is 15.9. The first-order valence-corrected chi connectivity index (χ1v) is 9.80. The van der Waals surface area contributed by atoms with Crippen molar-refractivity contribution >= 4 is 38.2 Å². The molecule has 0 aliphatic rings. The van der Waals surface area contributed by atoms with E-state index in [1.165, 1.54) is 18.2 Å². The van der Waals surface area contributed by atoms with Gasteiger partial charge in [-0.25, -0.2) is 4.79 Å². The molecule has 150 valence electrons. The number of hydrogen-bond acceptors (Lipinski definition) is 7. The van der Waals surface area contributed by atoms with Crippen molar-refractivity contribution in [2.24, 2.45) is 10.2 Å². The number of rotatable bonds is 6. The van der Waals surface area contributed by atoms with Crippen LogP contribution in [0.4, 0.5) is 11.4 Å². The number of phenols is 1. The van der Waals surface area contributed by atoms with Gasteiger partial charge in [0.1, 0.15) is 27.6 Å². The van der Waals surface area contributed by atoms with Gasteiger partial charge in [0.25, 0.3) is 10.1 Å². The highest BCUT2D eigenvalue weighted by molar-refractivity contribution is 7.86. The highest BCUT2D eigenvalue weighted by Gasteiger charge is 2.19. The van der Waals surface area contributed by atoms with Crippen LogP contribution >= 0.6 is 0 Å². The zero-order valence-electron chi connectivity index (χ0n) is 15.1. The fraction of sp³-hybridized carbons (Fsp3) is 0.105. The summed E-state index contributed by atoms with van der Waals surface area (Å²) in [7, 11) is -4.64. The Morgan fingerprint density at radius 2 is 1.83 bits per heavy atom. The molecule has 9 nitrogen and oxygen atoms in total. The van der Waals surface area contributed by atoms with Crippen LogP contribution in [0, 0.1) is 0 Å². The Labute approximate surface area is 165 Å². The molecule has 0 amide bonds. The monoisotopic (exact) mass is 416 g/mol. The first kappa shape index (κ1) is 20.2. The lowest BCUT2D eigenvalue weighted by Gasteiger charge is -2.09. The Morgan fingerprint density at radius 1 is 1.10 bits per heavy atom. The summed E-state index contributed by atoms with van der Waals surface area (Å²) in [5, 5.41) is 28.3. The van der Waals surface area contributed by atoms with Gasteiger partial charge in [-0.15, -0.1) is 10.2 Å². The number of ether oxygens (including phenoxy) is 1. The molecule has 3 aromatic carbocycles. The molecule has 10 heteroatoms. The van der Waals surface area contributed by atoms with Crippen LogP contribution in [-0.2, 0) is 10.1 Å². The maximum absolute atomic E-state index is 11.7. The molecule has 3 rings (SSSR count). The molecule has 0 aromatic heterocycles. The summed E-state index contributed by atoms with van der Waals surface area (Å²) in [6.07, 6.45) is 0. The van der Waals surface area contributed by atoms with Crippen LogP contribution in [0.1, 0.15) is 17.3 Å². The molecular weight excluding hydrogens is 400 g/mol. The number of carboxylic acid groups (broad SMARTS) is 1. The second-order valence-electron chi connectivity index (χ2n) is 5.89. The second kappa shape index (κ2) is 7.86. The van der Waals surface area contributed by atoms with Gasteiger partial charge in [0, 0.05) is 11.5 Å². The van der Waals surface area contributed by atoms with Gasteiger partial charge in [0.2, 0.25) is 0 Å². The largest absolute Gasteiger partial charge is 0.505 e. The van der Waals surface area contributed by atoms with Crippen LogP contribution in [-0.4, -0.2) is 35.8 Å². The highest BCUT2D eigenvalue weighted by atomic mass is 32.2. The zero-order chi connectivity index (χ0) is 21.2. The molecule has 0 aliphatic heterocycles. The molecule has 3 aromatic rings. The molecule has 0 fully saturated rings. The summed E-state index contributed by atoms with van der Waals surface area (Å²) in [5.74, 6) is -1.76. The smallest absolute Gasteiger partial charge is 0.339 e. The average Bonchev–Trinajstić information content (AvgIpc) is 2.67. The quantitative estimate of drug-likeness (QED) is 0.401. The summed E-state index contributed by atoms with van der Waals surface area (Å²) < 4.78 is 38.1. The Morgan fingerprint density at radius 3 is 2.48 bits per heavy atom. The van der Waals surface area contributed by atoms with Gasteiger partial charge in [0.05, 0.1) is 6.61 Å². The Bertz CT molecular complexity index is 1240. The van der Waals surface area contributed by atoms with Crippen LogP contribution in [0.3, 0.4) is 0 Å². The van der Waals surface area contributed by atoms with Crippen LogP contribution in [0.15, 0.2) is 63.7 Å². The van der Waals surface area contributed by atoms with E-state index in [2.05, 4.69) is 10.2 Å². The summed E-state index contributed by atoms with van der Waals surface area (Å²) in [5.41, 5.74) is -0.727. The van der Waals surface area contributed by atoms with E-state index in [0.717, 1.165) is 6.07 Å². The van der Waals surface area contributed by atoms with Gasteiger partial charge in [-0.1, -0.05) is 24.3 Å². The third kappa shape index (κ3) is 4.18. The van der Waals surface area contributed by atoms with E-state index in [0.29, 0.717) is 10.8 Å². The molecule has 0 unspecified atom stereocenters.